The van der Waals surface area contributed by atoms with Gasteiger partial charge in [0, 0.05) is 29.4 Å². The highest BCUT2D eigenvalue weighted by molar-refractivity contribution is 6.30. The van der Waals surface area contributed by atoms with E-state index < -0.39 is 6.35 Å². The number of aliphatic hydroxyl groups excluding tert-OH is 1. The van der Waals surface area contributed by atoms with E-state index in [2.05, 4.69) is 29.5 Å². The maximum absolute atomic E-state index is 10.6. The molecule has 5 nitrogen and oxygen atoms in total. The zero-order valence-electron chi connectivity index (χ0n) is 14.6. The van der Waals surface area contributed by atoms with Crippen LogP contribution in [0.3, 0.4) is 0 Å². The lowest BCUT2D eigenvalue weighted by atomic mass is 10.0. The van der Waals surface area contributed by atoms with Crippen LogP contribution < -0.4 is 5.32 Å². The summed E-state index contributed by atoms with van der Waals surface area (Å²) in [6.45, 7) is 4.19. The topological polar surface area (TPSA) is 53.3 Å². The molecule has 0 saturated carbocycles. The number of anilines is 1. The van der Waals surface area contributed by atoms with Crippen LogP contribution in [0.5, 0.6) is 0 Å². The third kappa shape index (κ3) is 3.33. The summed E-state index contributed by atoms with van der Waals surface area (Å²) in [4.78, 5) is 2.00. The molecule has 0 bridgehead atoms. The molecular formula is C20H21ClN4O. The number of aliphatic hydroxyl groups is 1. The van der Waals surface area contributed by atoms with E-state index >= 15 is 0 Å². The highest BCUT2D eigenvalue weighted by atomic mass is 35.5. The third-order valence-electron chi connectivity index (χ3n) is 4.80. The molecule has 1 aromatic heterocycles. The molecule has 26 heavy (non-hydrogen) atoms. The quantitative estimate of drug-likeness (QED) is 0.689. The summed E-state index contributed by atoms with van der Waals surface area (Å²) in [6.07, 6.45) is 1.14. The standard InChI is InChI=1S/C20H21ClN4O/c1-14-5-2-3-8-17(14)18-12-22-25-10-9-24(13-19(18)25)20(26)23-16-7-4-6-15(21)11-16/h2-8,11-12,20,23,26H,9-10,13H2,1H3. The second-order valence-electron chi connectivity index (χ2n) is 6.54. The van der Waals surface area contributed by atoms with Crippen LogP contribution in [0.25, 0.3) is 11.1 Å². The lowest BCUT2D eigenvalue weighted by Crippen LogP contribution is -2.45. The van der Waals surface area contributed by atoms with E-state index in [9.17, 15) is 5.11 Å². The Hall–Kier alpha value is -2.34. The van der Waals surface area contributed by atoms with Gasteiger partial charge >= 0.3 is 0 Å². The summed E-state index contributed by atoms with van der Waals surface area (Å²) in [7, 11) is 0. The van der Waals surface area contributed by atoms with Gasteiger partial charge in [0.25, 0.3) is 0 Å². The van der Waals surface area contributed by atoms with Gasteiger partial charge in [0.15, 0.2) is 6.35 Å². The molecular weight excluding hydrogens is 348 g/mol. The number of benzene rings is 2. The number of hydrogen-bond donors (Lipinski definition) is 2. The minimum atomic E-state index is -0.790. The average Bonchev–Trinajstić information content (AvgIpc) is 3.05. The number of nitrogens with zero attached hydrogens (tertiary/aromatic N) is 3. The Morgan fingerprint density at radius 3 is 2.77 bits per heavy atom. The van der Waals surface area contributed by atoms with Gasteiger partial charge < -0.3 is 10.4 Å². The first kappa shape index (κ1) is 17.1. The second-order valence-corrected chi connectivity index (χ2v) is 6.98. The lowest BCUT2D eigenvalue weighted by molar-refractivity contribution is 0.00648. The van der Waals surface area contributed by atoms with Crippen LogP contribution in [-0.4, -0.2) is 32.7 Å². The van der Waals surface area contributed by atoms with Crippen molar-refractivity contribution < 1.29 is 5.11 Å². The molecule has 1 unspecified atom stereocenters. The predicted octanol–water partition coefficient (Wildman–Crippen LogP) is 3.72. The van der Waals surface area contributed by atoms with Crippen molar-refractivity contribution in [3.63, 3.8) is 0 Å². The molecule has 0 aliphatic carbocycles. The number of aryl methyl sites for hydroxylation is 1. The molecule has 1 atom stereocenters. The zero-order chi connectivity index (χ0) is 18.1. The van der Waals surface area contributed by atoms with Gasteiger partial charge in [-0.3, -0.25) is 9.58 Å². The maximum Gasteiger partial charge on any atom is 0.184 e. The Bertz CT molecular complexity index is 924. The van der Waals surface area contributed by atoms with E-state index in [4.69, 9.17) is 11.6 Å². The smallest absolute Gasteiger partial charge is 0.184 e. The number of fused-ring (bicyclic) bond motifs is 1. The molecule has 0 fully saturated rings. The average molecular weight is 369 g/mol. The number of rotatable bonds is 4. The summed E-state index contributed by atoms with van der Waals surface area (Å²) in [5.41, 5.74) is 5.45. The Kier molecular flexibility index (Phi) is 4.68. The van der Waals surface area contributed by atoms with Gasteiger partial charge in [0.05, 0.1) is 18.4 Å². The molecule has 2 aromatic carbocycles. The van der Waals surface area contributed by atoms with E-state index in [1.54, 1.807) is 6.07 Å². The number of halogens is 1. The normalized spacial score (nSPS) is 15.5. The van der Waals surface area contributed by atoms with Gasteiger partial charge in [-0.1, -0.05) is 41.9 Å². The summed E-state index contributed by atoms with van der Waals surface area (Å²) in [5.74, 6) is 0. The molecule has 2 N–H and O–H groups in total. The molecule has 2 heterocycles. The van der Waals surface area contributed by atoms with Crippen LogP contribution >= 0.6 is 11.6 Å². The third-order valence-corrected chi connectivity index (χ3v) is 5.04. The summed E-state index contributed by atoms with van der Waals surface area (Å²) in [6, 6.07) is 15.7. The molecule has 1 aliphatic rings. The first-order chi connectivity index (χ1) is 12.6. The summed E-state index contributed by atoms with van der Waals surface area (Å²) < 4.78 is 2.03. The molecule has 6 heteroatoms. The van der Waals surface area contributed by atoms with Gasteiger partial charge in [-0.2, -0.15) is 5.10 Å². The highest BCUT2D eigenvalue weighted by Gasteiger charge is 2.25. The van der Waals surface area contributed by atoms with Gasteiger partial charge in [-0.05, 0) is 36.2 Å². The molecule has 0 radical (unpaired) electrons. The van der Waals surface area contributed by atoms with Crippen molar-refractivity contribution in [3.05, 3.63) is 71.0 Å². The van der Waals surface area contributed by atoms with Crippen LogP contribution in [0.4, 0.5) is 5.69 Å². The van der Waals surface area contributed by atoms with E-state index in [-0.39, 0.29) is 0 Å². The van der Waals surface area contributed by atoms with Crippen molar-refractivity contribution in [2.75, 3.05) is 11.9 Å². The van der Waals surface area contributed by atoms with Crippen molar-refractivity contribution in [1.29, 1.82) is 0 Å². The molecule has 134 valence electrons. The molecule has 0 amide bonds. The Morgan fingerprint density at radius 2 is 1.96 bits per heavy atom. The molecule has 1 aliphatic heterocycles. The van der Waals surface area contributed by atoms with E-state index in [1.165, 1.54) is 11.1 Å². The first-order valence-corrected chi connectivity index (χ1v) is 9.04. The van der Waals surface area contributed by atoms with E-state index in [0.29, 0.717) is 11.6 Å². The van der Waals surface area contributed by atoms with Crippen molar-refractivity contribution in [2.45, 2.75) is 26.4 Å². The minimum Gasteiger partial charge on any atom is -0.361 e. The van der Waals surface area contributed by atoms with Gasteiger partial charge in [0.2, 0.25) is 0 Å². The fraction of sp³-hybridized carbons (Fsp3) is 0.250. The van der Waals surface area contributed by atoms with Crippen LogP contribution in [0.2, 0.25) is 5.02 Å². The van der Waals surface area contributed by atoms with Crippen LogP contribution in [-0.2, 0) is 13.1 Å². The van der Waals surface area contributed by atoms with Crippen molar-refractivity contribution in [2.24, 2.45) is 0 Å². The van der Waals surface area contributed by atoms with Crippen molar-refractivity contribution in [1.82, 2.24) is 14.7 Å². The number of nitrogens with one attached hydrogen (secondary N) is 1. The van der Waals surface area contributed by atoms with Crippen molar-refractivity contribution >= 4 is 17.3 Å². The number of aromatic nitrogens is 2. The second kappa shape index (κ2) is 7.11. The maximum atomic E-state index is 10.6. The Morgan fingerprint density at radius 1 is 1.12 bits per heavy atom. The fourth-order valence-electron chi connectivity index (χ4n) is 3.39. The van der Waals surface area contributed by atoms with Crippen LogP contribution in [0, 0.1) is 6.92 Å². The predicted molar refractivity (Wildman–Crippen MR) is 104 cm³/mol. The van der Waals surface area contributed by atoms with Crippen LogP contribution in [0.1, 0.15) is 11.3 Å². The fourth-order valence-corrected chi connectivity index (χ4v) is 3.58. The monoisotopic (exact) mass is 368 g/mol. The van der Waals surface area contributed by atoms with Gasteiger partial charge in [-0.25, -0.2) is 0 Å². The highest BCUT2D eigenvalue weighted by Crippen LogP contribution is 2.29. The van der Waals surface area contributed by atoms with E-state index in [1.807, 2.05) is 46.1 Å². The lowest BCUT2D eigenvalue weighted by Gasteiger charge is -2.33. The van der Waals surface area contributed by atoms with Crippen molar-refractivity contribution in [3.8, 4) is 11.1 Å². The van der Waals surface area contributed by atoms with Crippen LogP contribution in [0.15, 0.2) is 54.7 Å². The molecule has 3 aromatic rings. The summed E-state index contributed by atoms with van der Waals surface area (Å²) in [5, 5.41) is 18.9. The van der Waals surface area contributed by atoms with E-state index in [0.717, 1.165) is 30.0 Å². The Labute approximate surface area is 157 Å². The minimum absolute atomic E-state index is 0.623. The Balaban J connectivity index is 1.56. The summed E-state index contributed by atoms with van der Waals surface area (Å²) >= 11 is 6.02. The molecule has 4 rings (SSSR count). The zero-order valence-corrected chi connectivity index (χ0v) is 15.3. The first-order valence-electron chi connectivity index (χ1n) is 8.67. The molecule has 0 spiro atoms. The largest absolute Gasteiger partial charge is 0.361 e. The SMILES string of the molecule is Cc1ccccc1-c1cnn2c1CN(C(O)Nc1cccc(Cl)c1)CC2. The molecule has 0 saturated heterocycles. The van der Waals surface area contributed by atoms with Gasteiger partial charge in [-0.15, -0.1) is 0 Å². The van der Waals surface area contributed by atoms with Gasteiger partial charge in [0.1, 0.15) is 0 Å². The number of hydrogen-bond acceptors (Lipinski definition) is 4.